The fourth-order valence-corrected chi connectivity index (χ4v) is 3.11. The van der Waals surface area contributed by atoms with E-state index in [2.05, 4.69) is 26.6 Å². The molecule has 0 radical (unpaired) electrons. The third-order valence-electron chi connectivity index (χ3n) is 3.25. The van der Waals surface area contributed by atoms with Crippen LogP contribution >= 0.6 is 11.8 Å². The SMILES string of the molecule is CN=C(NCCCCSC)NCc1ccc(S(=O)(=O)NC)cc1. The van der Waals surface area contributed by atoms with Crippen molar-refractivity contribution in [2.75, 3.05) is 32.6 Å². The minimum atomic E-state index is -3.38. The molecule has 130 valence electrons. The van der Waals surface area contributed by atoms with Crippen molar-refractivity contribution in [3.05, 3.63) is 29.8 Å². The van der Waals surface area contributed by atoms with Gasteiger partial charge in [-0.05, 0) is 49.6 Å². The van der Waals surface area contributed by atoms with Crippen LogP contribution in [0.1, 0.15) is 18.4 Å². The molecule has 0 saturated carbocycles. The molecule has 0 fully saturated rings. The molecule has 0 aromatic heterocycles. The predicted molar refractivity (Wildman–Crippen MR) is 98.5 cm³/mol. The van der Waals surface area contributed by atoms with Gasteiger partial charge in [-0.25, -0.2) is 13.1 Å². The number of nitrogens with zero attached hydrogens (tertiary/aromatic N) is 1. The Morgan fingerprint density at radius 1 is 1.17 bits per heavy atom. The van der Waals surface area contributed by atoms with Crippen LogP contribution in [0.5, 0.6) is 0 Å². The molecule has 23 heavy (non-hydrogen) atoms. The second kappa shape index (κ2) is 10.5. The smallest absolute Gasteiger partial charge is 0.240 e. The molecule has 0 saturated heterocycles. The number of guanidine groups is 1. The Bertz CT molecular complexity index is 586. The summed E-state index contributed by atoms with van der Waals surface area (Å²) >= 11 is 1.86. The molecule has 0 bridgehead atoms. The molecule has 0 amide bonds. The molecule has 1 rings (SSSR count). The third-order valence-corrected chi connectivity index (χ3v) is 5.38. The Labute approximate surface area is 143 Å². The molecule has 6 nitrogen and oxygen atoms in total. The lowest BCUT2D eigenvalue weighted by molar-refractivity contribution is 0.588. The number of rotatable bonds is 9. The molecule has 0 aliphatic heterocycles. The van der Waals surface area contributed by atoms with Crippen molar-refractivity contribution in [2.45, 2.75) is 24.3 Å². The van der Waals surface area contributed by atoms with Crippen LogP contribution in [0.25, 0.3) is 0 Å². The molecular weight excluding hydrogens is 332 g/mol. The van der Waals surface area contributed by atoms with E-state index in [1.165, 1.54) is 19.2 Å². The Hall–Kier alpha value is -1.25. The molecule has 8 heteroatoms. The van der Waals surface area contributed by atoms with Crippen LogP contribution in [0.2, 0.25) is 0 Å². The summed E-state index contributed by atoms with van der Waals surface area (Å²) in [5.41, 5.74) is 0.991. The van der Waals surface area contributed by atoms with Crippen molar-refractivity contribution >= 4 is 27.7 Å². The van der Waals surface area contributed by atoms with Crippen LogP contribution in [0.15, 0.2) is 34.2 Å². The minimum absolute atomic E-state index is 0.264. The van der Waals surface area contributed by atoms with Gasteiger partial charge < -0.3 is 10.6 Å². The number of unbranched alkanes of at least 4 members (excludes halogenated alkanes) is 1. The van der Waals surface area contributed by atoms with E-state index in [0.29, 0.717) is 6.54 Å². The minimum Gasteiger partial charge on any atom is -0.356 e. The van der Waals surface area contributed by atoms with Gasteiger partial charge in [-0.1, -0.05) is 12.1 Å². The standard InChI is InChI=1S/C15H26N4O2S2/c1-16-15(18-10-4-5-11-22-3)19-12-13-6-8-14(9-7-13)23(20,21)17-2/h6-9,17H,4-5,10-12H2,1-3H3,(H2,16,18,19). The lowest BCUT2D eigenvalue weighted by Gasteiger charge is -2.12. The van der Waals surface area contributed by atoms with Gasteiger partial charge in [0.25, 0.3) is 0 Å². The number of thioether (sulfide) groups is 1. The lowest BCUT2D eigenvalue weighted by Crippen LogP contribution is -2.37. The number of hydrogen-bond acceptors (Lipinski definition) is 4. The molecule has 0 aliphatic rings. The first-order chi connectivity index (χ1) is 11.0. The van der Waals surface area contributed by atoms with Crippen molar-refractivity contribution in [1.29, 1.82) is 0 Å². The highest BCUT2D eigenvalue weighted by Gasteiger charge is 2.10. The molecule has 0 spiro atoms. The highest BCUT2D eigenvalue weighted by Crippen LogP contribution is 2.09. The van der Waals surface area contributed by atoms with E-state index in [4.69, 9.17) is 0 Å². The van der Waals surface area contributed by atoms with Gasteiger partial charge in [0.1, 0.15) is 0 Å². The van der Waals surface area contributed by atoms with E-state index in [0.717, 1.165) is 24.5 Å². The van der Waals surface area contributed by atoms with Crippen LogP contribution in [0.3, 0.4) is 0 Å². The van der Waals surface area contributed by atoms with Gasteiger partial charge in [-0.3, -0.25) is 4.99 Å². The summed E-state index contributed by atoms with van der Waals surface area (Å²) < 4.78 is 25.6. The van der Waals surface area contributed by atoms with E-state index in [1.807, 2.05) is 11.8 Å². The normalized spacial score (nSPS) is 12.2. The van der Waals surface area contributed by atoms with Crippen LogP contribution in [-0.2, 0) is 16.6 Å². The van der Waals surface area contributed by atoms with Gasteiger partial charge >= 0.3 is 0 Å². The van der Waals surface area contributed by atoms with Crippen molar-refractivity contribution in [2.24, 2.45) is 4.99 Å². The van der Waals surface area contributed by atoms with Crippen LogP contribution < -0.4 is 15.4 Å². The number of aliphatic imine (C=N–C) groups is 1. The van der Waals surface area contributed by atoms with Crippen molar-refractivity contribution < 1.29 is 8.42 Å². The highest BCUT2D eigenvalue weighted by molar-refractivity contribution is 7.98. The van der Waals surface area contributed by atoms with Crippen molar-refractivity contribution in [1.82, 2.24) is 15.4 Å². The number of hydrogen-bond donors (Lipinski definition) is 3. The molecule has 1 aromatic rings. The second-order valence-electron chi connectivity index (χ2n) is 4.90. The molecule has 0 aliphatic carbocycles. The molecular formula is C15H26N4O2S2. The average molecular weight is 359 g/mol. The summed E-state index contributed by atoms with van der Waals surface area (Å²) in [7, 11) is -0.240. The fourth-order valence-electron chi connectivity index (χ4n) is 1.89. The summed E-state index contributed by atoms with van der Waals surface area (Å²) in [4.78, 5) is 4.44. The average Bonchev–Trinajstić information content (AvgIpc) is 2.57. The zero-order valence-electron chi connectivity index (χ0n) is 13.9. The van der Waals surface area contributed by atoms with Gasteiger partial charge in [0.2, 0.25) is 10.0 Å². The predicted octanol–water partition coefficient (Wildman–Crippen LogP) is 1.40. The monoisotopic (exact) mass is 358 g/mol. The Balaban J connectivity index is 2.44. The second-order valence-corrected chi connectivity index (χ2v) is 7.78. The molecule has 1 aromatic carbocycles. The van der Waals surface area contributed by atoms with E-state index in [1.54, 1.807) is 31.3 Å². The van der Waals surface area contributed by atoms with Gasteiger partial charge in [0.15, 0.2) is 5.96 Å². The van der Waals surface area contributed by atoms with Gasteiger partial charge in [-0.15, -0.1) is 0 Å². The number of benzene rings is 1. The Morgan fingerprint density at radius 3 is 2.43 bits per heavy atom. The third kappa shape index (κ3) is 7.24. The maximum Gasteiger partial charge on any atom is 0.240 e. The summed E-state index contributed by atoms with van der Waals surface area (Å²) in [6.45, 7) is 1.48. The van der Waals surface area contributed by atoms with E-state index in [-0.39, 0.29) is 4.90 Å². The largest absolute Gasteiger partial charge is 0.356 e. The van der Waals surface area contributed by atoms with Crippen molar-refractivity contribution in [3.63, 3.8) is 0 Å². The zero-order chi connectivity index (χ0) is 17.1. The molecule has 0 atom stereocenters. The van der Waals surface area contributed by atoms with Crippen molar-refractivity contribution in [3.8, 4) is 0 Å². The fraction of sp³-hybridized carbons (Fsp3) is 0.533. The van der Waals surface area contributed by atoms with Crippen LogP contribution in [-0.4, -0.2) is 47.0 Å². The summed E-state index contributed by atoms with van der Waals surface area (Å²) in [6, 6.07) is 6.79. The molecule has 0 heterocycles. The van der Waals surface area contributed by atoms with Gasteiger partial charge in [0.05, 0.1) is 4.90 Å². The summed E-state index contributed by atoms with van der Waals surface area (Å²) in [6.07, 6.45) is 4.41. The number of sulfonamides is 1. The Morgan fingerprint density at radius 2 is 1.87 bits per heavy atom. The summed E-state index contributed by atoms with van der Waals surface area (Å²) in [5.74, 6) is 1.93. The topological polar surface area (TPSA) is 82.6 Å². The maximum absolute atomic E-state index is 11.7. The molecule has 3 N–H and O–H groups in total. The van der Waals surface area contributed by atoms with E-state index >= 15 is 0 Å². The molecule has 0 unspecified atom stereocenters. The zero-order valence-corrected chi connectivity index (χ0v) is 15.6. The van der Waals surface area contributed by atoms with E-state index in [9.17, 15) is 8.42 Å². The summed E-state index contributed by atoms with van der Waals surface area (Å²) in [5, 5.41) is 6.48. The first-order valence-electron chi connectivity index (χ1n) is 7.49. The Kier molecular flexibility index (Phi) is 9.05. The first-order valence-corrected chi connectivity index (χ1v) is 10.4. The first kappa shape index (κ1) is 19.8. The van der Waals surface area contributed by atoms with Crippen LogP contribution in [0, 0.1) is 0 Å². The van der Waals surface area contributed by atoms with Gasteiger partial charge in [-0.2, -0.15) is 11.8 Å². The lowest BCUT2D eigenvalue weighted by atomic mass is 10.2. The van der Waals surface area contributed by atoms with Crippen LogP contribution in [0.4, 0.5) is 0 Å². The van der Waals surface area contributed by atoms with Gasteiger partial charge in [0, 0.05) is 20.1 Å². The maximum atomic E-state index is 11.7. The number of nitrogens with one attached hydrogen (secondary N) is 3. The van der Waals surface area contributed by atoms with E-state index < -0.39 is 10.0 Å². The quantitative estimate of drug-likeness (QED) is 0.353. The highest BCUT2D eigenvalue weighted by atomic mass is 32.2.